The van der Waals surface area contributed by atoms with E-state index in [2.05, 4.69) is 0 Å². The molecule has 1 rings (SSSR count). The highest BCUT2D eigenvalue weighted by molar-refractivity contribution is 8.28. The predicted molar refractivity (Wildman–Crippen MR) is 65.7 cm³/mol. The summed E-state index contributed by atoms with van der Waals surface area (Å²) in [7, 11) is 0. The second-order valence-electron chi connectivity index (χ2n) is 2.72. The largest absolute Gasteiger partial charge is 0.421 e. The maximum atomic E-state index is 11.3. The van der Waals surface area contributed by atoms with Gasteiger partial charge in [0.25, 0.3) is 0 Å². The van der Waals surface area contributed by atoms with Crippen LogP contribution in [0.4, 0.5) is 0 Å². The zero-order valence-corrected chi connectivity index (χ0v) is 9.93. The number of nitrogens with zero attached hydrogens (tertiary/aromatic N) is 1. The molecule has 5 nitrogen and oxygen atoms in total. The van der Waals surface area contributed by atoms with Crippen molar-refractivity contribution in [2.24, 2.45) is 0 Å². The smallest absolute Gasteiger partial charge is 0.368 e. The second kappa shape index (κ2) is 6.03. The molecule has 86 valence electrons. The van der Waals surface area contributed by atoms with Gasteiger partial charge in [0.1, 0.15) is 11.8 Å². The normalized spacial score (nSPS) is 9.18. The van der Waals surface area contributed by atoms with Crippen molar-refractivity contribution in [2.75, 3.05) is 0 Å². The molecular weight excluding hydrogens is 262 g/mol. The van der Waals surface area contributed by atoms with Crippen LogP contribution in [-0.2, 0) is 4.79 Å². The molecular formula is C10H6ClN3O2S. The minimum Gasteiger partial charge on any atom is -0.421 e. The zero-order chi connectivity index (χ0) is 12.8. The number of nitrogens with one attached hydrogen (secondary N) is 2. The summed E-state index contributed by atoms with van der Waals surface area (Å²) in [4.78, 5) is 11.3. The van der Waals surface area contributed by atoms with Crippen LogP contribution in [0.25, 0.3) is 0 Å². The standard InChI is InChI=1S/C10H6ClN3O2S/c11-6-1-3-7(4-2-6)16-10(15)9(14)17-8(13)5-12/h1-4,13-14H. The van der Waals surface area contributed by atoms with Crippen molar-refractivity contribution in [3.8, 4) is 11.8 Å². The van der Waals surface area contributed by atoms with Crippen LogP contribution in [0.5, 0.6) is 5.75 Å². The molecule has 0 fully saturated rings. The van der Waals surface area contributed by atoms with Crippen molar-refractivity contribution in [2.45, 2.75) is 0 Å². The third kappa shape index (κ3) is 4.26. The topological polar surface area (TPSA) is 97.8 Å². The van der Waals surface area contributed by atoms with E-state index in [4.69, 9.17) is 32.4 Å². The van der Waals surface area contributed by atoms with Gasteiger partial charge in [-0.25, -0.2) is 4.79 Å². The van der Waals surface area contributed by atoms with Crippen LogP contribution < -0.4 is 4.74 Å². The van der Waals surface area contributed by atoms with Gasteiger partial charge in [-0.2, -0.15) is 5.26 Å². The summed E-state index contributed by atoms with van der Waals surface area (Å²) in [6, 6.07) is 7.54. The molecule has 0 heterocycles. The molecule has 0 unspecified atom stereocenters. The van der Waals surface area contributed by atoms with E-state index in [0.29, 0.717) is 16.8 Å². The van der Waals surface area contributed by atoms with E-state index in [1.165, 1.54) is 30.3 Å². The maximum absolute atomic E-state index is 11.3. The summed E-state index contributed by atoms with van der Waals surface area (Å²) in [5.74, 6) is -0.675. The quantitative estimate of drug-likeness (QED) is 0.353. The average Bonchev–Trinajstić information content (AvgIpc) is 2.31. The summed E-state index contributed by atoms with van der Waals surface area (Å²) in [6.07, 6.45) is 0. The Morgan fingerprint density at radius 3 is 2.47 bits per heavy atom. The first-order chi connectivity index (χ1) is 8.02. The molecule has 0 amide bonds. The Balaban J connectivity index is 2.61. The summed E-state index contributed by atoms with van der Waals surface area (Å²) >= 11 is 6.08. The van der Waals surface area contributed by atoms with Crippen molar-refractivity contribution in [1.29, 1.82) is 16.1 Å². The summed E-state index contributed by atoms with van der Waals surface area (Å²) in [5, 5.41) is 22.2. The van der Waals surface area contributed by atoms with Crippen LogP contribution >= 0.6 is 23.4 Å². The molecule has 0 bridgehead atoms. The van der Waals surface area contributed by atoms with Crippen LogP contribution in [0.15, 0.2) is 24.3 Å². The first-order valence-corrected chi connectivity index (χ1v) is 5.45. The van der Waals surface area contributed by atoms with E-state index >= 15 is 0 Å². The van der Waals surface area contributed by atoms with Gasteiger partial charge in [-0.05, 0) is 36.0 Å². The summed E-state index contributed by atoms with van der Waals surface area (Å²) in [6.45, 7) is 0. The van der Waals surface area contributed by atoms with Gasteiger partial charge in [-0.1, -0.05) is 11.6 Å². The molecule has 0 saturated carbocycles. The molecule has 0 spiro atoms. The lowest BCUT2D eigenvalue weighted by atomic mass is 10.3. The van der Waals surface area contributed by atoms with E-state index in [1.807, 2.05) is 0 Å². The van der Waals surface area contributed by atoms with E-state index in [1.54, 1.807) is 0 Å². The molecule has 7 heteroatoms. The van der Waals surface area contributed by atoms with Gasteiger partial charge in [-0.3, -0.25) is 10.8 Å². The van der Waals surface area contributed by atoms with Gasteiger partial charge < -0.3 is 4.74 Å². The van der Waals surface area contributed by atoms with Crippen molar-refractivity contribution >= 4 is 39.4 Å². The first-order valence-electron chi connectivity index (χ1n) is 4.25. The van der Waals surface area contributed by atoms with Crippen LogP contribution in [-0.4, -0.2) is 16.1 Å². The van der Waals surface area contributed by atoms with E-state index < -0.39 is 16.1 Å². The number of thioether (sulfide) groups is 1. The van der Waals surface area contributed by atoms with Gasteiger partial charge >= 0.3 is 5.97 Å². The molecule has 1 aromatic carbocycles. The predicted octanol–water partition coefficient (Wildman–Crippen LogP) is 2.46. The van der Waals surface area contributed by atoms with Crippen molar-refractivity contribution in [1.82, 2.24) is 0 Å². The Morgan fingerprint density at radius 1 is 1.35 bits per heavy atom. The number of carbonyl (C=O) groups excluding carboxylic acids is 1. The Hall–Kier alpha value is -1.84. The van der Waals surface area contributed by atoms with Crippen LogP contribution in [0.2, 0.25) is 5.02 Å². The van der Waals surface area contributed by atoms with Crippen LogP contribution in [0.1, 0.15) is 0 Å². The number of benzene rings is 1. The molecule has 0 saturated heterocycles. The Morgan fingerprint density at radius 2 is 1.94 bits per heavy atom. The third-order valence-corrected chi connectivity index (χ3v) is 2.43. The number of hydrogen-bond donors (Lipinski definition) is 2. The lowest BCUT2D eigenvalue weighted by Gasteiger charge is -2.03. The summed E-state index contributed by atoms with van der Waals surface area (Å²) < 4.78 is 4.83. The maximum Gasteiger partial charge on any atom is 0.368 e. The van der Waals surface area contributed by atoms with E-state index in [9.17, 15) is 4.79 Å². The Labute approximate surface area is 106 Å². The van der Waals surface area contributed by atoms with Gasteiger partial charge in [0.15, 0.2) is 10.1 Å². The second-order valence-corrected chi connectivity index (χ2v) is 4.17. The molecule has 0 aliphatic heterocycles. The molecule has 1 aromatic rings. The lowest BCUT2D eigenvalue weighted by Crippen LogP contribution is -2.17. The molecule has 0 aliphatic carbocycles. The van der Waals surface area contributed by atoms with Gasteiger partial charge in [-0.15, -0.1) is 0 Å². The molecule has 0 atom stereocenters. The highest BCUT2D eigenvalue weighted by Gasteiger charge is 2.15. The van der Waals surface area contributed by atoms with Gasteiger partial charge in [0, 0.05) is 5.02 Å². The number of halogens is 1. The molecule has 0 aliphatic rings. The number of carbonyl (C=O) groups is 1. The van der Waals surface area contributed by atoms with E-state index in [0.717, 1.165) is 0 Å². The van der Waals surface area contributed by atoms with E-state index in [-0.39, 0.29) is 5.75 Å². The highest BCUT2D eigenvalue weighted by atomic mass is 35.5. The number of nitriles is 1. The molecule has 2 N–H and O–H groups in total. The fraction of sp³-hybridized carbons (Fsp3) is 0. The van der Waals surface area contributed by atoms with Crippen LogP contribution in [0, 0.1) is 22.1 Å². The fourth-order valence-corrected chi connectivity index (χ4v) is 1.32. The Bertz CT molecular complexity index is 507. The number of esters is 1. The fourth-order valence-electron chi connectivity index (χ4n) is 0.823. The molecule has 17 heavy (non-hydrogen) atoms. The molecule has 0 aromatic heterocycles. The SMILES string of the molecule is N#CC(=N)SC(=N)C(=O)Oc1ccc(Cl)cc1. The van der Waals surface area contributed by atoms with Crippen molar-refractivity contribution < 1.29 is 9.53 Å². The van der Waals surface area contributed by atoms with Crippen LogP contribution in [0.3, 0.4) is 0 Å². The summed E-state index contributed by atoms with van der Waals surface area (Å²) in [5.41, 5.74) is 0. The minimum atomic E-state index is -0.919. The van der Waals surface area contributed by atoms with Crippen molar-refractivity contribution in [3.63, 3.8) is 0 Å². The Kier molecular flexibility index (Phi) is 4.69. The van der Waals surface area contributed by atoms with Crippen molar-refractivity contribution in [3.05, 3.63) is 29.3 Å². The monoisotopic (exact) mass is 267 g/mol. The lowest BCUT2D eigenvalue weighted by molar-refractivity contribution is -0.126. The number of hydrogen-bond acceptors (Lipinski definition) is 6. The third-order valence-electron chi connectivity index (χ3n) is 1.52. The van der Waals surface area contributed by atoms with Gasteiger partial charge in [0.2, 0.25) is 0 Å². The highest BCUT2D eigenvalue weighted by Crippen LogP contribution is 2.16. The van der Waals surface area contributed by atoms with Gasteiger partial charge in [0.05, 0.1) is 0 Å². The minimum absolute atomic E-state index is 0.244. The molecule has 0 radical (unpaired) electrons. The number of rotatable bonds is 1. The zero-order valence-electron chi connectivity index (χ0n) is 8.36. The first kappa shape index (κ1) is 13.2. The average molecular weight is 268 g/mol. The number of ether oxygens (including phenoxy) is 1.